The number of aryl methyl sites for hydroxylation is 1. The highest BCUT2D eigenvalue weighted by atomic mass is 16.5. The van der Waals surface area contributed by atoms with E-state index in [2.05, 4.69) is 20.8 Å². The summed E-state index contributed by atoms with van der Waals surface area (Å²) >= 11 is 0. The summed E-state index contributed by atoms with van der Waals surface area (Å²) in [5.74, 6) is -0.265. The van der Waals surface area contributed by atoms with Gasteiger partial charge in [0.05, 0.1) is 17.5 Å². The number of hydrogen-bond acceptors (Lipinski definition) is 8. The number of piperidine rings is 1. The van der Waals surface area contributed by atoms with Gasteiger partial charge < -0.3 is 24.7 Å². The number of aliphatic hydroxyl groups is 1. The first-order valence-corrected chi connectivity index (χ1v) is 13.4. The maximum atomic E-state index is 13.9. The van der Waals surface area contributed by atoms with Crippen molar-refractivity contribution < 1.29 is 24.0 Å². The third kappa shape index (κ3) is 5.45. The topological polar surface area (TPSA) is 147 Å². The van der Waals surface area contributed by atoms with Crippen molar-refractivity contribution in [1.29, 1.82) is 0 Å². The molecule has 2 N–H and O–H groups in total. The van der Waals surface area contributed by atoms with E-state index in [1.165, 1.54) is 4.90 Å². The Balaban J connectivity index is 1.28. The zero-order valence-corrected chi connectivity index (χ0v) is 22.5. The Morgan fingerprint density at radius 2 is 1.95 bits per heavy atom. The molecule has 0 radical (unpaired) electrons. The highest BCUT2D eigenvalue weighted by molar-refractivity contribution is 5.92. The highest BCUT2D eigenvalue weighted by Crippen LogP contribution is 2.40. The number of carbonyl (C=O) groups excluding carboxylic acids is 3. The van der Waals surface area contributed by atoms with Gasteiger partial charge >= 0.3 is 0 Å². The van der Waals surface area contributed by atoms with Gasteiger partial charge in [0.15, 0.2) is 0 Å². The summed E-state index contributed by atoms with van der Waals surface area (Å²) in [6, 6.07) is -0.149. The van der Waals surface area contributed by atoms with Gasteiger partial charge in [-0.25, -0.2) is 4.68 Å². The van der Waals surface area contributed by atoms with E-state index in [9.17, 15) is 19.5 Å². The molecule has 206 valence electrons. The Hall–Kier alpha value is -3.28. The van der Waals surface area contributed by atoms with Gasteiger partial charge in [0, 0.05) is 50.3 Å². The molecule has 0 spiro atoms. The van der Waals surface area contributed by atoms with Gasteiger partial charge in [-0.3, -0.25) is 14.4 Å². The predicted molar refractivity (Wildman–Crippen MR) is 135 cm³/mol. The van der Waals surface area contributed by atoms with E-state index in [1.807, 2.05) is 27.0 Å². The summed E-state index contributed by atoms with van der Waals surface area (Å²) < 4.78 is 6.74. The molecule has 4 atom stereocenters. The van der Waals surface area contributed by atoms with Crippen molar-refractivity contribution in [3.05, 3.63) is 29.4 Å². The third-order valence-corrected chi connectivity index (χ3v) is 7.60. The van der Waals surface area contributed by atoms with Crippen molar-refractivity contribution in [2.45, 2.75) is 89.9 Å². The molecular weight excluding hydrogens is 490 g/mol. The van der Waals surface area contributed by atoms with E-state index in [0.717, 1.165) is 25.0 Å². The molecule has 12 nitrogen and oxygen atoms in total. The first kappa shape index (κ1) is 26.3. The summed E-state index contributed by atoms with van der Waals surface area (Å²) in [4.78, 5) is 43.3. The van der Waals surface area contributed by atoms with Crippen molar-refractivity contribution in [3.8, 4) is 0 Å². The molecule has 2 aliphatic heterocycles. The number of likely N-dealkylation sites (tertiary alicyclic amines) is 2. The minimum absolute atomic E-state index is 0.0772. The molecule has 2 aromatic rings. The molecule has 0 bridgehead atoms. The molecule has 0 aromatic carbocycles. The van der Waals surface area contributed by atoms with Crippen molar-refractivity contribution in [2.75, 3.05) is 19.6 Å². The van der Waals surface area contributed by atoms with Crippen LogP contribution in [0.2, 0.25) is 0 Å². The first-order valence-electron chi connectivity index (χ1n) is 13.4. The molecule has 1 aliphatic carbocycles. The Kier molecular flexibility index (Phi) is 7.01. The zero-order valence-electron chi connectivity index (χ0n) is 22.5. The molecule has 3 fully saturated rings. The molecule has 1 saturated carbocycles. The van der Waals surface area contributed by atoms with Crippen LogP contribution in [0.4, 0.5) is 0 Å². The number of β-amino-alcohol motifs (C(OH)–C–C–N with tert-alkyl or cyclic N) is 1. The van der Waals surface area contributed by atoms with Crippen molar-refractivity contribution in [1.82, 2.24) is 35.3 Å². The van der Waals surface area contributed by atoms with Gasteiger partial charge in [-0.1, -0.05) is 31.1 Å². The fraction of sp³-hybridized carbons (Fsp3) is 0.692. The van der Waals surface area contributed by atoms with E-state index in [0.29, 0.717) is 31.1 Å². The lowest BCUT2D eigenvalue weighted by molar-refractivity contribution is -0.144. The largest absolute Gasteiger partial charge is 0.391 e. The van der Waals surface area contributed by atoms with Crippen LogP contribution in [0.25, 0.3) is 0 Å². The normalized spacial score (nSPS) is 24.9. The van der Waals surface area contributed by atoms with Crippen LogP contribution < -0.4 is 5.32 Å². The standard InChI is InChI=1S/C26H37N7O5/c1-15-10-21(38-29-15)24(36)31-9-5-6-17(12-31)27-23(35)20-11-18(34)13-32(20)25(37)22(26(2,3)4)33-14-19(28-30-33)16-7-8-16/h10,14,16-18,20,22,34H,5-9,11-13H2,1-4H3,(H,27,35)/t17-,18-,20+,22-/m1/s1. The summed E-state index contributed by atoms with van der Waals surface area (Å²) in [6.45, 7) is 8.60. The number of aromatic nitrogens is 4. The number of nitrogens with zero attached hydrogens (tertiary/aromatic N) is 6. The Labute approximate surface area is 221 Å². The molecule has 2 saturated heterocycles. The van der Waals surface area contributed by atoms with Crippen LogP contribution in [0.3, 0.4) is 0 Å². The van der Waals surface area contributed by atoms with Crippen LogP contribution >= 0.6 is 0 Å². The number of rotatable bonds is 6. The van der Waals surface area contributed by atoms with Crippen LogP contribution in [-0.2, 0) is 9.59 Å². The fourth-order valence-electron chi connectivity index (χ4n) is 5.52. The van der Waals surface area contributed by atoms with Crippen LogP contribution in [0, 0.1) is 12.3 Å². The van der Waals surface area contributed by atoms with Crippen LogP contribution in [0.1, 0.15) is 86.8 Å². The SMILES string of the molecule is Cc1cc(C(=O)N2CCC[C@@H](NC(=O)[C@@H]3C[C@@H](O)CN3C(=O)[C@@H](n3cc(C4CC4)nn3)C(C)(C)C)C2)on1. The second-order valence-corrected chi connectivity index (χ2v) is 12.0. The quantitative estimate of drug-likeness (QED) is 0.573. The summed E-state index contributed by atoms with van der Waals surface area (Å²) in [7, 11) is 0. The van der Waals surface area contributed by atoms with Crippen LogP contribution in [0.5, 0.6) is 0 Å². The lowest BCUT2D eigenvalue weighted by Gasteiger charge is -2.36. The molecular formula is C26H37N7O5. The van der Waals surface area contributed by atoms with E-state index in [1.54, 1.807) is 22.6 Å². The number of aliphatic hydroxyl groups excluding tert-OH is 1. The lowest BCUT2D eigenvalue weighted by Crippen LogP contribution is -2.55. The van der Waals surface area contributed by atoms with E-state index >= 15 is 0 Å². The number of hydrogen-bond donors (Lipinski definition) is 2. The van der Waals surface area contributed by atoms with Crippen molar-refractivity contribution in [2.24, 2.45) is 5.41 Å². The molecule has 3 aliphatic rings. The van der Waals surface area contributed by atoms with Crippen LogP contribution in [-0.4, -0.2) is 90.6 Å². The molecule has 2 aromatic heterocycles. The van der Waals surface area contributed by atoms with Crippen molar-refractivity contribution in [3.63, 3.8) is 0 Å². The van der Waals surface area contributed by atoms with Crippen molar-refractivity contribution >= 4 is 17.7 Å². The summed E-state index contributed by atoms with van der Waals surface area (Å²) in [5, 5.41) is 25.9. The van der Waals surface area contributed by atoms with Gasteiger partial charge in [-0.2, -0.15) is 0 Å². The minimum atomic E-state index is -0.809. The first-order chi connectivity index (χ1) is 18.0. The Morgan fingerprint density at radius 3 is 2.61 bits per heavy atom. The number of carbonyl (C=O) groups is 3. The molecule has 12 heteroatoms. The highest BCUT2D eigenvalue weighted by Gasteiger charge is 2.46. The molecule has 38 heavy (non-hydrogen) atoms. The maximum Gasteiger partial charge on any atom is 0.292 e. The smallest absolute Gasteiger partial charge is 0.292 e. The number of amides is 3. The second kappa shape index (κ2) is 10.1. The third-order valence-electron chi connectivity index (χ3n) is 7.60. The molecule has 3 amide bonds. The second-order valence-electron chi connectivity index (χ2n) is 12.0. The van der Waals surface area contributed by atoms with Gasteiger partial charge in [0.1, 0.15) is 12.1 Å². The average Bonchev–Trinajstić information content (AvgIpc) is 3.22. The molecule has 0 unspecified atom stereocenters. The van der Waals surface area contributed by atoms with E-state index in [-0.39, 0.29) is 42.5 Å². The Bertz CT molecular complexity index is 1200. The summed E-state index contributed by atoms with van der Waals surface area (Å²) in [5.41, 5.74) is 1.02. The molecule has 5 rings (SSSR count). The fourth-order valence-corrected chi connectivity index (χ4v) is 5.52. The summed E-state index contributed by atoms with van der Waals surface area (Å²) in [6.07, 6.45) is 4.80. The van der Waals surface area contributed by atoms with E-state index < -0.39 is 23.6 Å². The number of nitrogens with one attached hydrogen (secondary N) is 1. The van der Waals surface area contributed by atoms with Gasteiger partial charge in [0.2, 0.25) is 17.6 Å². The maximum absolute atomic E-state index is 13.9. The lowest BCUT2D eigenvalue weighted by atomic mass is 9.85. The van der Waals surface area contributed by atoms with Crippen LogP contribution in [0.15, 0.2) is 16.8 Å². The molecule has 4 heterocycles. The van der Waals surface area contributed by atoms with E-state index in [4.69, 9.17) is 4.52 Å². The van der Waals surface area contributed by atoms with Gasteiger partial charge in [0.25, 0.3) is 5.91 Å². The average molecular weight is 528 g/mol. The van der Waals surface area contributed by atoms with Gasteiger partial charge in [-0.05, 0) is 38.0 Å². The zero-order chi connectivity index (χ0) is 27.2. The van der Waals surface area contributed by atoms with Gasteiger partial charge in [-0.15, -0.1) is 5.10 Å². The minimum Gasteiger partial charge on any atom is -0.391 e. The monoisotopic (exact) mass is 527 g/mol. The predicted octanol–water partition coefficient (Wildman–Crippen LogP) is 1.42. The Morgan fingerprint density at radius 1 is 1.18 bits per heavy atom.